The molecule has 1 unspecified atom stereocenters. The predicted octanol–water partition coefficient (Wildman–Crippen LogP) is 2.53. The molecule has 0 aliphatic carbocycles. The maximum atomic E-state index is 5.29. The Bertz CT molecular complexity index is 501. The summed E-state index contributed by atoms with van der Waals surface area (Å²) in [5.41, 5.74) is 1.05. The minimum Gasteiger partial charge on any atom is -0.481 e. The Morgan fingerprint density at radius 1 is 1.55 bits per heavy atom. The van der Waals surface area contributed by atoms with Crippen molar-refractivity contribution in [1.82, 2.24) is 15.2 Å². The number of rotatable bonds is 5. The normalized spacial score (nSPS) is 18.9. The van der Waals surface area contributed by atoms with Crippen LogP contribution in [0, 0.1) is 11.8 Å². The lowest BCUT2D eigenvalue weighted by Crippen LogP contribution is -2.39. The van der Waals surface area contributed by atoms with E-state index < -0.39 is 0 Å². The number of aliphatic imine (C=N–C) groups is 1. The molecule has 1 aliphatic heterocycles. The Morgan fingerprint density at radius 2 is 2.36 bits per heavy atom. The van der Waals surface area contributed by atoms with Gasteiger partial charge in [-0.15, -0.1) is 0 Å². The highest BCUT2D eigenvalue weighted by Gasteiger charge is 2.25. The molecule has 0 aromatic carbocycles. The number of nitrogens with zero attached hydrogens (tertiary/aromatic N) is 3. The molecule has 0 amide bonds. The second-order valence-corrected chi connectivity index (χ2v) is 6.30. The van der Waals surface area contributed by atoms with E-state index in [1.165, 1.54) is 12.8 Å². The molecule has 5 nitrogen and oxygen atoms in total. The number of methoxy groups -OCH3 is 1. The summed E-state index contributed by atoms with van der Waals surface area (Å²) in [4.78, 5) is 11.0. The summed E-state index contributed by atoms with van der Waals surface area (Å²) in [6, 6.07) is 3.95. The largest absolute Gasteiger partial charge is 0.481 e. The molecule has 2 rings (SSSR count). The van der Waals surface area contributed by atoms with E-state index in [4.69, 9.17) is 4.74 Å². The van der Waals surface area contributed by atoms with Crippen LogP contribution in [0.25, 0.3) is 0 Å². The zero-order chi connectivity index (χ0) is 15.9. The van der Waals surface area contributed by atoms with Crippen LogP contribution in [0.5, 0.6) is 5.88 Å². The third-order valence-corrected chi connectivity index (χ3v) is 4.08. The highest BCUT2D eigenvalue weighted by atomic mass is 16.5. The molecule has 5 heteroatoms. The summed E-state index contributed by atoms with van der Waals surface area (Å²) in [6.45, 7) is 7.45. The Balaban J connectivity index is 1.91. The van der Waals surface area contributed by atoms with E-state index in [9.17, 15) is 0 Å². The molecule has 0 spiro atoms. The average Bonchev–Trinajstić information content (AvgIpc) is 2.96. The Hall–Kier alpha value is -1.78. The summed E-state index contributed by atoms with van der Waals surface area (Å²) in [7, 11) is 3.50. The van der Waals surface area contributed by atoms with Gasteiger partial charge in [-0.05, 0) is 30.7 Å². The summed E-state index contributed by atoms with van der Waals surface area (Å²) in [5, 5.41) is 3.43. The molecular weight excluding hydrogens is 276 g/mol. The summed E-state index contributed by atoms with van der Waals surface area (Å²) in [5.74, 6) is 3.19. The Labute approximate surface area is 133 Å². The van der Waals surface area contributed by atoms with Crippen molar-refractivity contribution in [3.05, 3.63) is 23.9 Å². The van der Waals surface area contributed by atoms with Crippen LogP contribution in [0.1, 0.15) is 32.3 Å². The Kier molecular flexibility index (Phi) is 6.04. The molecule has 1 aliphatic rings. The molecule has 2 heterocycles. The minimum absolute atomic E-state index is 0.671. The molecule has 0 bridgehead atoms. The van der Waals surface area contributed by atoms with Crippen molar-refractivity contribution in [2.75, 3.05) is 27.2 Å². The SMILES string of the molecule is CN=C(NCc1cccnc1OC)N1CCC(CC(C)C)C1. The van der Waals surface area contributed by atoms with Gasteiger partial charge in [-0.3, -0.25) is 4.99 Å². The minimum atomic E-state index is 0.671. The smallest absolute Gasteiger partial charge is 0.218 e. The molecule has 22 heavy (non-hydrogen) atoms. The highest BCUT2D eigenvalue weighted by molar-refractivity contribution is 5.80. The van der Waals surface area contributed by atoms with Gasteiger partial charge < -0.3 is 15.0 Å². The van der Waals surface area contributed by atoms with Gasteiger partial charge in [0.2, 0.25) is 5.88 Å². The van der Waals surface area contributed by atoms with Crippen LogP contribution in [0.2, 0.25) is 0 Å². The summed E-state index contributed by atoms with van der Waals surface area (Å²) < 4.78 is 5.29. The van der Waals surface area contributed by atoms with Gasteiger partial charge in [0.05, 0.1) is 7.11 Å². The number of pyridine rings is 1. The first-order valence-electron chi connectivity index (χ1n) is 8.07. The Morgan fingerprint density at radius 3 is 3.05 bits per heavy atom. The molecule has 1 saturated heterocycles. The molecule has 0 radical (unpaired) electrons. The van der Waals surface area contributed by atoms with Crippen molar-refractivity contribution in [1.29, 1.82) is 0 Å². The monoisotopic (exact) mass is 304 g/mol. The van der Waals surface area contributed by atoms with Crippen molar-refractivity contribution in [3.63, 3.8) is 0 Å². The van der Waals surface area contributed by atoms with Gasteiger partial charge in [0.25, 0.3) is 0 Å². The van der Waals surface area contributed by atoms with Crippen LogP contribution in [-0.2, 0) is 6.54 Å². The molecule has 122 valence electrons. The predicted molar refractivity (Wildman–Crippen MR) is 90.1 cm³/mol. The van der Waals surface area contributed by atoms with Gasteiger partial charge in [-0.25, -0.2) is 4.98 Å². The van der Waals surface area contributed by atoms with Crippen molar-refractivity contribution < 1.29 is 4.74 Å². The van der Waals surface area contributed by atoms with E-state index in [2.05, 4.69) is 34.0 Å². The first-order chi connectivity index (χ1) is 10.6. The molecule has 0 saturated carbocycles. The fraction of sp³-hybridized carbons (Fsp3) is 0.647. The van der Waals surface area contributed by atoms with Crippen molar-refractivity contribution in [2.45, 2.75) is 33.2 Å². The first kappa shape index (κ1) is 16.6. The lowest BCUT2D eigenvalue weighted by atomic mass is 9.97. The van der Waals surface area contributed by atoms with Crippen LogP contribution in [0.4, 0.5) is 0 Å². The third kappa shape index (κ3) is 4.36. The third-order valence-electron chi connectivity index (χ3n) is 4.08. The summed E-state index contributed by atoms with van der Waals surface area (Å²) in [6.07, 6.45) is 4.30. The maximum absolute atomic E-state index is 5.29. The number of hydrogen-bond acceptors (Lipinski definition) is 3. The number of ether oxygens (including phenoxy) is 1. The number of likely N-dealkylation sites (tertiary alicyclic amines) is 1. The highest BCUT2D eigenvalue weighted by Crippen LogP contribution is 2.23. The number of guanidine groups is 1. The van der Waals surface area contributed by atoms with E-state index >= 15 is 0 Å². The second kappa shape index (κ2) is 8.01. The molecule has 1 atom stereocenters. The van der Waals surface area contributed by atoms with Crippen LogP contribution < -0.4 is 10.1 Å². The van der Waals surface area contributed by atoms with Crippen molar-refractivity contribution >= 4 is 5.96 Å². The van der Waals surface area contributed by atoms with E-state index in [0.717, 1.165) is 36.4 Å². The molecule has 1 aromatic rings. The van der Waals surface area contributed by atoms with Crippen molar-refractivity contribution in [2.24, 2.45) is 16.8 Å². The van der Waals surface area contributed by atoms with Gasteiger partial charge >= 0.3 is 0 Å². The summed E-state index contributed by atoms with van der Waals surface area (Å²) >= 11 is 0. The van der Waals surface area contributed by atoms with E-state index in [0.29, 0.717) is 12.4 Å². The topological polar surface area (TPSA) is 49.8 Å². The van der Waals surface area contributed by atoms with E-state index in [-0.39, 0.29) is 0 Å². The van der Waals surface area contributed by atoms with Gasteiger partial charge in [-0.2, -0.15) is 0 Å². The van der Waals surface area contributed by atoms with E-state index in [1.807, 2.05) is 19.2 Å². The molecule has 1 N–H and O–H groups in total. The second-order valence-electron chi connectivity index (χ2n) is 6.30. The fourth-order valence-electron chi connectivity index (χ4n) is 3.13. The van der Waals surface area contributed by atoms with Gasteiger partial charge in [0.15, 0.2) is 5.96 Å². The zero-order valence-corrected chi connectivity index (χ0v) is 14.2. The van der Waals surface area contributed by atoms with Crippen LogP contribution >= 0.6 is 0 Å². The molecular formula is C17H28N4O. The van der Waals surface area contributed by atoms with E-state index in [1.54, 1.807) is 13.3 Å². The maximum Gasteiger partial charge on any atom is 0.218 e. The van der Waals surface area contributed by atoms with Crippen LogP contribution in [0.3, 0.4) is 0 Å². The first-order valence-corrected chi connectivity index (χ1v) is 8.07. The van der Waals surface area contributed by atoms with Crippen LogP contribution in [0.15, 0.2) is 23.3 Å². The molecule has 1 fully saturated rings. The van der Waals surface area contributed by atoms with Gasteiger partial charge in [-0.1, -0.05) is 19.9 Å². The van der Waals surface area contributed by atoms with Crippen molar-refractivity contribution in [3.8, 4) is 5.88 Å². The lowest BCUT2D eigenvalue weighted by molar-refractivity contribution is 0.389. The number of nitrogens with one attached hydrogen (secondary N) is 1. The van der Waals surface area contributed by atoms with Gasteiger partial charge in [0, 0.05) is 38.4 Å². The lowest BCUT2D eigenvalue weighted by Gasteiger charge is -2.22. The average molecular weight is 304 g/mol. The quantitative estimate of drug-likeness (QED) is 0.671. The zero-order valence-electron chi connectivity index (χ0n) is 14.2. The fourth-order valence-corrected chi connectivity index (χ4v) is 3.13. The van der Waals surface area contributed by atoms with Gasteiger partial charge in [0.1, 0.15) is 0 Å². The standard InChI is InChI=1S/C17H28N4O/c1-13(2)10-14-7-9-21(12-14)17(18-3)20-11-15-6-5-8-19-16(15)22-4/h5-6,8,13-14H,7,9-12H2,1-4H3,(H,18,20). The number of aromatic nitrogens is 1. The number of hydrogen-bond donors (Lipinski definition) is 1. The van der Waals surface area contributed by atoms with Crippen LogP contribution in [-0.4, -0.2) is 43.1 Å². The molecule has 1 aromatic heterocycles.